The molecule has 0 saturated heterocycles. The van der Waals surface area contributed by atoms with Crippen molar-refractivity contribution >= 4 is 0 Å². The Bertz CT molecular complexity index is 517. The van der Waals surface area contributed by atoms with Gasteiger partial charge in [-0.25, -0.2) is 4.98 Å². The van der Waals surface area contributed by atoms with Crippen LogP contribution in [0.1, 0.15) is 11.1 Å². The molecule has 104 valence electrons. The number of hydrogen-bond acceptors (Lipinski definition) is 4. The first-order chi connectivity index (χ1) is 8.56. The first-order valence-electron chi connectivity index (χ1n) is 4.47. The van der Waals surface area contributed by atoms with Crippen molar-refractivity contribution in [2.45, 2.75) is 19.0 Å². The molecule has 1 rings (SSSR count). The van der Waals surface area contributed by atoms with Crippen molar-refractivity contribution < 1.29 is 36.2 Å². The molecule has 0 aromatic carbocycles. The monoisotopic (exact) mass is 286 g/mol. The summed E-state index contributed by atoms with van der Waals surface area (Å²) in [6.07, 6.45) is -11.1. The second-order valence-corrected chi connectivity index (χ2v) is 3.18. The molecule has 1 N–H and O–H groups in total. The lowest BCUT2D eigenvalue weighted by Crippen LogP contribution is -2.19. The number of halogens is 6. The van der Waals surface area contributed by atoms with Crippen molar-refractivity contribution in [1.29, 1.82) is 5.26 Å². The van der Waals surface area contributed by atoms with Crippen molar-refractivity contribution in [3.05, 3.63) is 17.3 Å². The first-order valence-corrected chi connectivity index (χ1v) is 4.47. The fourth-order valence-electron chi connectivity index (χ4n) is 1.21. The summed E-state index contributed by atoms with van der Waals surface area (Å²) in [7, 11) is 0. The van der Waals surface area contributed by atoms with Crippen molar-refractivity contribution in [2.75, 3.05) is 0 Å². The number of ether oxygens (including phenoxy) is 1. The van der Waals surface area contributed by atoms with Gasteiger partial charge >= 0.3 is 12.5 Å². The highest BCUT2D eigenvalue weighted by molar-refractivity contribution is 5.47. The van der Waals surface area contributed by atoms with Crippen molar-refractivity contribution in [3.8, 4) is 17.7 Å². The Morgan fingerprint density at radius 3 is 2.26 bits per heavy atom. The largest absolute Gasteiger partial charge is 0.574 e. The maximum Gasteiger partial charge on any atom is 0.574 e. The molecule has 0 unspecified atom stereocenters. The zero-order valence-electron chi connectivity index (χ0n) is 8.80. The Hall–Kier alpha value is -2.18. The zero-order valence-corrected chi connectivity index (χ0v) is 8.80. The van der Waals surface area contributed by atoms with E-state index in [0.29, 0.717) is 0 Å². The van der Waals surface area contributed by atoms with Gasteiger partial charge in [0.2, 0.25) is 0 Å². The third kappa shape index (κ3) is 3.64. The van der Waals surface area contributed by atoms with Gasteiger partial charge in [-0.2, -0.15) is 18.4 Å². The van der Waals surface area contributed by atoms with E-state index in [1.807, 2.05) is 0 Å². The number of aromatic hydroxyl groups is 1. The summed E-state index contributed by atoms with van der Waals surface area (Å²) in [6, 6.07) is 1.30. The molecule has 0 amide bonds. The summed E-state index contributed by atoms with van der Waals surface area (Å²) >= 11 is 0. The van der Waals surface area contributed by atoms with Gasteiger partial charge in [0, 0.05) is 11.8 Å². The van der Waals surface area contributed by atoms with E-state index in [2.05, 4.69) is 9.72 Å². The number of aromatic nitrogens is 1. The van der Waals surface area contributed by atoms with Gasteiger partial charge in [-0.15, -0.1) is 13.2 Å². The quantitative estimate of drug-likeness (QED) is 0.849. The highest BCUT2D eigenvalue weighted by Crippen LogP contribution is 2.40. The van der Waals surface area contributed by atoms with E-state index in [9.17, 15) is 31.4 Å². The van der Waals surface area contributed by atoms with Crippen LogP contribution in [0.15, 0.2) is 6.20 Å². The average Bonchev–Trinajstić information content (AvgIpc) is 2.20. The van der Waals surface area contributed by atoms with Crippen LogP contribution in [0.4, 0.5) is 26.3 Å². The van der Waals surface area contributed by atoms with Crippen LogP contribution in [-0.4, -0.2) is 16.5 Å². The van der Waals surface area contributed by atoms with Gasteiger partial charge in [-0.3, -0.25) is 0 Å². The molecule has 0 saturated carbocycles. The molecule has 0 aliphatic rings. The second-order valence-electron chi connectivity index (χ2n) is 3.18. The van der Waals surface area contributed by atoms with E-state index in [4.69, 9.17) is 5.26 Å². The van der Waals surface area contributed by atoms with Gasteiger partial charge in [0.15, 0.2) is 5.75 Å². The molecular weight excluding hydrogens is 282 g/mol. The van der Waals surface area contributed by atoms with E-state index in [1.165, 1.54) is 6.07 Å². The van der Waals surface area contributed by atoms with Crippen molar-refractivity contribution in [1.82, 2.24) is 4.98 Å². The summed E-state index contributed by atoms with van der Waals surface area (Å²) in [4.78, 5) is 2.75. The first kappa shape index (κ1) is 14.9. The van der Waals surface area contributed by atoms with Gasteiger partial charge in [-0.1, -0.05) is 0 Å². The molecule has 19 heavy (non-hydrogen) atoms. The maximum absolute atomic E-state index is 12.5. The smallest absolute Gasteiger partial charge is 0.503 e. The lowest BCUT2D eigenvalue weighted by molar-refractivity contribution is -0.276. The summed E-state index contributed by atoms with van der Waals surface area (Å²) in [5.41, 5.74) is -2.52. The Balaban J connectivity index is 3.36. The standard InChI is InChI=1S/C9H4F6N2O2/c10-8(11,12)5-3-17-7(19-9(13,14)15)6(18)4(5)1-2-16/h3,18H,1H2. The van der Waals surface area contributed by atoms with Crippen LogP contribution in [0.3, 0.4) is 0 Å². The number of nitrogens with zero attached hydrogens (tertiary/aromatic N) is 2. The SMILES string of the molecule is N#CCc1c(C(F)(F)F)cnc(OC(F)(F)F)c1O. The zero-order chi connectivity index (χ0) is 14.8. The van der Waals surface area contributed by atoms with Gasteiger partial charge in [0.05, 0.1) is 18.1 Å². The molecule has 1 heterocycles. The average molecular weight is 286 g/mol. The molecule has 0 spiro atoms. The van der Waals surface area contributed by atoms with E-state index in [0.717, 1.165) is 0 Å². The Morgan fingerprint density at radius 2 is 1.84 bits per heavy atom. The lowest BCUT2D eigenvalue weighted by Gasteiger charge is -2.15. The minimum atomic E-state index is -5.23. The predicted molar refractivity (Wildman–Crippen MR) is 46.9 cm³/mol. The molecule has 10 heteroatoms. The summed E-state index contributed by atoms with van der Waals surface area (Å²) in [5.74, 6) is -2.90. The molecule has 1 aromatic heterocycles. The molecule has 4 nitrogen and oxygen atoms in total. The molecule has 0 radical (unpaired) electrons. The van der Waals surface area contributed by atoms with Crippen LogP contribution in [0.25, 0.3) is 0 Å². The molecule has 0 aliphatic heterocycles. The lowest BCUT2D eigenvalue weighted by atomic mass is 10.1. The normalized spacial score (nSPS) is 12.1. The van der Waals surface area contributed by atoms with E-state index >= 15 is 0 Å². The Kier molecular flexibility index (Phi) is 3.78. The number of alkyl halides is 6. The number of rotatable bonds is 2. The number of nitriles is 1. The van der Waals surface area contributed by atoms with E-state index < -0.39 is 41.7 Å². The van der Waals surface area contributed by atoms with E-state index in [1.54, 1.807) is 0 Å². The van der Waals surface area contributed by atoms with Gasteiger partial charge < -0.3 is 9.84 Å². The third-order valence-electron chi connectivity index (χ3n) is 1.90. The molecule has 0 fully saturated rings. The number of pyridine rings is 1. The minimum absolute atomic E-state index is 0.0630. The minimum Gasteiger partial charge on any atom is -0.503 e. The van der Waals surface area contributed by atoms with Crippen LogP contribution in [0.5, 0.6) is 11.6 Å². The molecular formula is C9H4F6N2O2. The van der Waals surface area contributed by atoms with Crippen molar-refractivity contribution in [3.63, 3.8) is 0 Å². The highest BCUT2D eigenvalue weighted by Gasteiger charge is 2.38. The topological polar surface area (TPSA) is 66.1 Å². The summed E-state index contributed by atoms with van der Waals surface area (Å²) in [6.45, 7) is 0. The van der Waals surface area contributed by atoms with Crippen LogP contribution in [-0.2, 0) is 12.6 Å². The van der Waals surface area contributed by atoms with Gasteiger partial charge in [0.25, 0.3) is 5.88 Å². The van der Waals surface area contributed by atoms with E-state index in [-0.39, 0.29) is 6.20 Å². The number of hydrogen-bond donors (Lipinski definition) is 1. The van der Waals surface area contributed by atoms with Gasteiger partial charge in [0.1, 0.15) is 0 Å². The maximum atomic E-state index is 12.5. The predicted octanol–water partition coefficient (Wildman–Crippen LogP) is 2.77. The Morgan fingerprint density at radius 1 is 1.26 bits per heavy atom. The fourth-order valence-corrected chi connectivity index (χ4v) is 1.21. The van der Waals surface area contributed by atoms with Crippen molar-refractivity contribution in [2.24, 2.45) is 0 Å². The van der Waals surface area contributed by atoms with Crippen LogP contribution in [0.2, 0.25) is 0 Å². The molecule has 0 aliphatic carbocycles. The summed E-state index contributed by atoms with van der Waals surface area (Å²) in [5, 5.41) is 17.6. The molecule has 0 atom stereocenters. The van der Waals surface area contributed by atoms with Crippen LogP contribution < -0.4 is 4.74 Å². The highest BCUT2D eigenvalue weighted by atomic mass is 19.4. The molecule has 1 aromatic rings. The molecule has 0 bridgehead atoms. The third-order valence-corrected chi connectivity index (χ3v) is 1.90. The fraction of sp³-hybridized carbons (Fsp3) is 0.333. The van der Waals surface area contributed by atoms with Crippen LogP contribution >= 0.6 is 0 Å². The van der Waals surface area contributed by atoms with Gasteiger partial charge in [-0.05, 0) is 0 Å². The summed E-state index contributed by atoms with van der Waals surface area (Å²) < 4.78 is 76.5. The van der Waals surface area contributed by atoms with Crippen LogP contribution in [0, 0.1) is 11.3 Å². The second kappa shape index (κ2) is 4.83. The Labute approximate surface area is 101 Å².